The molecule has 0 aliphatic heterocycles. The molecular formula is C5H8BrHgN3. The van der Waals surface area contributed by atoms with Crippen molar-refractivity contribution in [1.82, 2.24) is 0 Å². The number of hydrogen-bond donors (Lipinski definition) is 0. The summed E-state index contributed by atoms with van der Waals surface area (Å²) in [4.78, 5) is 2.83. The van der Waals surface area contributed by atoms with Crippen molar-refractivity contribution in [1.29, 1.82) is 0 Å². The van der Waals surface area contributed by atoms with E-state index in [2.05, 4.69) is 35.8 Å². The van der Waals surface area contributed by atoms with Crippen LogP contribution in [0, 0.1) is 5.41 Å². The zero-order valence-corrected chi connectivity index (χ0v) is 13.2. The van der Waals surface area contributed by atoms with Gasteiger partial charge in [0.2, 0.25) is 0 Å². The van der Waals surface area contributed by atoms with E-state index in [-0.39, 0.29) is 0 Å². The molecule has 1 aliphatic carbocycles. The zero-order chi connectivity index (χ0) is 7.78. The van der Waals surface area contributed by atoms with E-state index in [0.717, 1.165) is 3.43 Å². The van der Waals surface area contributed by atoms with E-state index in [1.165, 1.54) is 0 Å². The van der Waals surface area contributed by atoms with Gasteiger partial charge in [-0.25, -0.2) is 0 Å². The maximum absolute atomic E-state index is 8.19. The van der Waals surface area contributed by atoms with E-state index < -0.39 is 22.1 Å². The average Bonchev–Trinajstić information content (AvgIpc) is 2.36. The summed E-state index contributed by atoms with van der Waals surface area (Å²) >= 11 is 2.78. The third-order valence-electron chi connectivity index (χ3n) is 2.33. The molecule has 5 heteroatoms. The maximum atomic E-state index is 8.19. The summed E-state index contributed by atoms with van der Waals surface area (Å²) in [5, 5.41) is 3.75. The molecule has 0 aromatic heterocycles. The van der Waals surface area contributed by atoms with Crippen LogP contribution in [0.4, 0.5) is 0 Å². The molecule has 1 rings (SSSR count). The van der Waals surface area contributed by atoms with Gasteiger partial charge in [0.25, 0.3) is 0 Å². The van der Waals surface area contributed by atoms with Gasteiger partial charge in [-0.15, -0.1) is 0 Å². The van der Waals surface area contributed by atoms with E-state index in [1.54, 1.807) is 0 Å². The first-order valence-electron chi connectivity index (χ1n) is 3.24. The molecule has 3 nitrogen and oxygen atoms in total. The molecular weight excluding hydrogens is 383 g/mol. The third-order valence-corrected chi connectivity index (χ3v) is 15.6. The van der Waals surface area contributed by atoms with E-state index >= 15 is 0 Å². The number of azide groups is 1. The minimum absolute atomic E-state index is 0.304. The normalized spacial score (nSPS) is 33.9. The molecule has 0 radical (unpaired) electrons. The van der Waals surface area contributed by atoms with Gasteiger partial charge in [-0.05, 0) is 0 Å². The van der Waals surface area contributed by atoms with Gasteiger partial charge in [-0.3, -0.25) is 0 Å². The van der Waals surface area contributed by atoms with Crippen LogP contribution in [0.25, 0.3) is 10.4 Å². The monoisotopic (exact) mass is 391 g/mol. The molecule has 0 aromatic rings. The molecule has 10 heavy (non-hydrogen) atoms. The molecule has 1 aliphatic rings. The van der Waals surface area contributed by atoms with E-state index in [4.69, 9.17) is 5.53 Å². The zero-order valence-electron chi connectivity index (χ0n) is 6.08. The van der Waals surface area contributed by atoms with Crippen LogP contribution in [0.15, 0.2) is 5.11 Å². The van der Waals surface area contributed by atoms with Crippen LogP contribution < -0.4 is 0 Å². The van der Waals surface area contributed by atoms with Crippen molar-refractivity contribution in [3.63, 3.8) is 0 Å². The van der Waals surface area contributed by atoms with Crippen molar-refractivity contribution < 1.29 is 22.1 Å². The van der Waals surface area contributed by atoms with Crippen molar-refractivity contribution in [2.24, 2.45) is 10.5 Å². The standard InChI is InChI=1S/C5H8N3.BrH.Hg/c1-5(2)3-4(5)7-8-6;;/h3-4H,1-2H3;1H;/q;;+1/p-1/t4-;;/m0../s1. The van der Waals surface area contributed by atoms with Crippen LogP contribution in [0.2, 0.25) is 3.43 Å². The predicted molar refractivity (Wildman–Crippen MR) is 39.4 cm³/mol. The summed E-state index contributed by atoms with van der Waals surface area (Å²) in [6, 6.07) is 0.304. The summed E-state index contributed by atoms with van der Waals surface area (Å²) in [5.74, 6) is 0. The quantitative estimate of drug-likeness (QED) is 0.301. The van der Waals surface area contributed by atoms with Gasteiger partial charge in [0.1, 0.15) is 0 Å². The molecule has 0 bridgehead atoms. The minimum atomic E-state index is -0.824. The second-order valence-corrected chi connectivity index (χ2v) is 13.5. The van der Waals surface area contributed by atoms with Gasteiger partial charge in [-0.1, -0.05) is 0 Å². The van der Waals surface area contributed by atoms with Crippen molar-refractivity contribution >= 4 is 11.9 Å². The van der Waals surface area contributed by atoms with Crippen LogP contribution in [-0.2, 0) is 22.1 Å². The SMILES string of the molecule is CC1(C)[C@H]([Hg][Br])[C@@H]1N=[N+]=[N-]. The molecule has 0 saturated heterocycles. The molecule has 1 fully saturated rings. The van der Waals surface area contributed by atoms with Crippen molar-refractivity contribution in [3.8, 4) is 0 Å². The van der Waals surface area contributed by atoms with Crippen LogP contribution >= 0.6 is 11.9 Å². The van der Waals surface area contributed by atoms with E-state index in [9.17, 15) is 0 Å². The first-order valence-corrected chi connectivity index (χ1v) is 18.3. The molecule has 1 saturated carbocycles. The Morgan fingerprint density at radius 1 is 1.70 bits per heavy atom. The van der Waals surface area contributed by atoms with Gasteiger partial charge in [-0.2, -0.15) is 0 Å². The van der Waals surface area contributed by atoms with Crippen LogP contribution in [0.1, 0.15) is 13.8 Å². The average molecular weight is 391 g/mol. The van der Waals surface area contributed by atoms with E-state index in [0.29, 0.717) is 11.5 Å². The van der Waals surface area contributed by atoms with Crippen molar-refractivity contribution in [2.45, 2.75) is 23.3 Å². The van der Waals surface area contributed by atoms with Crippen LogP contribution in [0.5, 0.6) is 0 Å². The van der Waals surface area contributed by atoms with E-state index in [1.807, 2.05) is 0 Å². The van der Waals surface area contributed by atoms with Gasteiger partial charge in [0.15, 0.2) is 0 Å². The molecule has 0 heterocycles. The van der Waals surface area contributed by atoms with Crippen LogP contribution in [-0.4, -0.2) is 6.04 Å². The Morgan fingerprint density at radius 3 is 2.60 bits per heavy atom. The Kier molecular flexibility index (Phi) is 2.64. The molecule has 52 valence electrons. The Hall–Kier alpha value is 0.725. The van der Waals surface area contributed by atoms with Crippen molar-refractivity contribution in [3.05, 3.63) is 10.4 Å². The topological polar surface area (TPSA) is 48.8 Å². The number of rotatable bonds is 2. The molecule has 0 amide bonds. The number of halogens is 1. The summed E-state index contributed by atoms with van der Waals surface area (Å²) in [6.45, 7) is 4.36. The van der Waals surface area contributed by atoms with Crippen molar-refractivity contribution in [2.75, 3.05) is 0 Å². The number of nitrogens with zero attached hydrogens (tertiary/aromatic N) is 3. The summed E-state index contributed by atoms with van der Waals surface area (Å²) in [7, 11) is 0. The molecule has 2 atom stereocenters. The fourth-order valence-corrected chi connectivity index (χ4v) is 17.1. The number of hydrogen-bond acceptors (Lipinski definition) is 1. The Balaban J connectivity index is 2.61. The second kappa shape index (κ2) is 2.99. The summed E-state index contributed by atoms with van der Waals surface area (Å²) in [6.07, 6.45) is 0. The third kappa shape index (κ3) is 1.34. The second-order valence-electron chi connectivity index (χ2n) is 3.23. The first kappa shape index (κ1) is 8.82. The molecule has 0 aromatic carbocycles. The molecule has 0 spiro atoms. The Bertz CT molecular complexity index is 187. The van der Waals surface area contributed by atoms with Gasteiger partial charge < -0.3 is 0 Å². The predicted octanol–water partition coefficient (Wildman–Crippen LogP) is 2.89. The first-order chi connectivity index (χ1) is 4.64. The van der Waals surface area contributed by atoms with Crippen LogP contribution in [0.3, 0.4) is 0 Å². The molecule has 0 N–H and O–H groups in total. The van der Waals surface area contributed by atoms with Gasteiger partial charge in [0, 0.05) is 0 Å². The fraction of sp³-hybridized carbons (Fsp3) is 1.00. The fourth-order valence-electron chi connectivity index (χ4n) is 1.28. The Labute approximate surface area is 77.9 Å². The molecule has 0 unspecified atom stereocenters. The summed E-state index contributed by atoms with van der Waals surface area (Å²) < 4.78 is 0.753. The Morgan fingerprint density at radius 2 is 2.30 bits per heavy atom. The van der Waals surface area contributed by atoms with Gasteiger partial charge in [0.05, 0.1) is 0 Å². The summed E-state index contributed by atoms with van der Waals surface area (Å²) in [5.41, 5.74) is 8.51. The van der Waals surface area contributed by atoms with Gasteiger partial charge >= 0.3 is 78.3 Å².